The fraction of sp³-hybridized carbons (Fsp3) is 0.500. The lowest BCUT2D eigenvalue weighted by Gasteiger charge is -2.21. The van der Waals surface area contributed by atoms with Gasteiger partial charge in [-0.1, -0.05) is 0 Å². The van der Waals surface area contributed by atoms with Gasteiger partial charge in [0.2, 0.25) is 0 Å². The number of hydrogen-bond acceptors (Lipinski definition) is 6. The average molecular weight is 434 g/mol. The Balaban J connectivity index is 1.81. The summed E-state index contributed by atoms with van der Waals surface area (Å²) in [7, 11) is 0. The van der Waals surface area contributed by atoms with Gasteiger partial charge in [-0.15, -0.1) is 0 Å². The SMILES string of the molecule is CSCC[C@H](NC(=O)C(C)Oc1ccc2c3c(c(=O)oc2c1C)CCCC3)C(=O)O. The molecule has 2 atom stereocenters. The highest BCUT2D eigenvalue weighted by Crippen LogP contribution is 2.32. The lowest BCUT2D eigenvalue weighted by atomic mass is 9.90. The van der Waals surface area contributed by atoms with Crippen molar-refractivity contribution in [2.75, 3.05) is 12.0 Å². The molecule has 0 bridgehead atoms. The Morgan fingerprint density at radius 2 is 1.97 bits per heavy atom. The number of fused-ring (bicyclic) bond motifs is 3. The van der Waals surface area contributed by atoms with Gasteiger partial charge in [0.1, 0.15) is 17.4 Å². The molecule has 30 heavy (non-hydrogen) atoms. The second-order valence-corrected chi connectivity index (χ2v) is 8.55. The number of aliphatic carboxylic acids is 1. The molecule has 1 heterocycles. The molecule has 0 spiro atoms. The Bertz CT molecular complexity index is 1010. The molecular formula is C22H27NO6S. The van der Waals surface area contributed by atoms with E-state index in [1.807, 2.05) is 12.3 Å². The summed E-state index contributed by atoms with van der Waals surface area (Å²) in [6.45, 7) is 3.36. The number of carboxylic acid groups (broad SMARTS) is 1. The molecule has 8 heteroatoms. The molecule has 1 aliphatic rings. The highest BCUT2D eigenvalue weighted by molar-refractivity contribution is 7.98. The van der Waals surface area contributed by atoms with Crippen molar-refractivity contribution in [3.63, 3.8) is 0 Å². The van der Waals surface area contributed by atoms with Crippen LogP contribution >= 0.6 is 11.8 Å². The summed E-state index contributed by atoms with van der Waals surface area (Å²) in [4.78, 5) is 36.2. The van der Waals surface area contributed by atoms with Gasteiger partial charge in [-0.25, -0.2) is 9.59 Å². The number of thioether (sulfide) groups is 1. The topological polar surface area (TPSA) is 106 Å². The molecule has 2 aromatic rings. The average Bonchev–Trinajstić information content (AvgIpc) is 2.73. The van der Waals surface area contributed by atoms with Gasteiger partial charge in [0.05, 0.1) is 0 Å². The molecule has 1 amide bonds. The Morgan fingerprint density at radius 3 is 2.63 bits per heavy atom. The largest absolute Gasteiger partial charge is 0.480 e. The molecule has 0 aliphatic heterocycles. The van der Waals surface area contributed by atoms with Crippen LogP contribution in [0.25, 0.3) is 11.0 Å². The van der Waals surface area contributed by atoms with Crippen LogP contribution in [0.4, 0.5) is 0 Å². The van der Waals surface area contributed by atoms with Gasteiger partial charge in [-0.3, -0.25) is 4.79 Å². The Morgan fingerprint density at radius 1 is 1.27 bits per heavy atom. The van der Waals surface area contributed by atoms with Gasteiger partial charge in [-0.05, 0) is 75.7 Å². The van der Waals surface area contributed by atoms with E-state index in [0.29, 0.717) is 29.1 Å². The fourth-order valence-electron chi connectivity index (χ4n) is 3.78. The van der Waals surface area contributed by atoms with Gasteiger partial charge >= 0.3 is 11.6 Å². The van der Waals surface area contributed by atoms with Crippen molar-refractivity contribution in [1.82, 2.24) is 5.32 Å². The van der Waals surface area contributed by atoms with E-state index in [-0.39, 0.29) is 5.63 Å². The summed E-state index contributed by atoms with van der Waals surface area (Å²) in [6, 6.07) is 2.69. The molecule has 0 saturated heterocycles. The molecule has 7 nitrogen and oxygen atoms in total. The molecule has 1 unspecified atom stereocenters. The maximum Gasteiger partial charge on any atom is 0.339 e. The van der Waals surface area contributed by atoms with E-state index in [2.05, 4.69) is 5.32 Å². The minimum absolute atomic E-state index is 0.304. The number of carbonyl (C=O) groups is 2. The monoisotopic (exact) mass is 433 g/mol. The smallest absolute Gasteiger partial charge is 0.339 e. The summed E-state index contributed by atoms with van der Waals surface area (Å²) >= 11 is 1.52. The highest BCUT2D eigenvalue weighted by atomic mass is 32.2. The summed E-state index contributed by atoms with van der Waals surface area (Å²) in [5, 5.41) is 12.7. The van der Waals surface area contributed by atoms with Crippen molar-refractivity contribution in [2.24, 2.45) is 0 Å². The number of benzene rings is 1. The van der Waals surface area contributed by atoms with Crippen LogP contribution in [0.15, 0.2) is 21.3 Å². The Kier molecular flexibility index (Phi) is 7.07. The summed E-state index contributed by atoms with van der Waals surface area (Å²) < 4.78 is 11.4. The van der Waals surface area contributed by atoms with Crippen LogP contribution in [-0.2, 0) is 22.4 Å². The third kappa shape index (κ3) is 4.64. The number of ether oxygens (including phenoxy) is 1. The molecule has 1 aromatic carbocycles. The lowest BCUT2D eigenvalue weighted by Crippen LogP contribution is -2.46. The first-order valence-electron chi connectivity index (χ1n) is 10.1. The minimum atomic E-state index is -1.07. The first kappa shape index (κ1) is 22.2. The molecule has 1 aromatic heterocycles. The van der Waals surface area contributed by atoms with E-state index in [1.165, 1.54) is 11.8 Å². The Hall–Kier alpha value is -2.48. The second-order valence-electron chi connectivity index (χ2n) is 7.56. The van der Waals surface area contributed by atoms with Crippen LogP contribution < -0.4 is 15.7 Å². The predicted molar refractivity (Wildman–Crippen MR) is 117 cm³/mol. The van der Waals surface area contributed by atoms with E-state index in [1.54, 1.807) is 19.9 Å². The standard InChI is InChI=1S/C22H27NO6S/c1-12-18(28-13(2)20(24)23-17(21(25)26)10-11-30-3)9-8-15-14-6-4-5-7-16(14)22(27)29-19(12)15/h8-9,13,17H,4-7,10-11H2,1-3H3,(H,23,24)(H,25,26)/t13?,17-/m0/s1. The highest BCUT2D eigenvalue weighted by Gasteiger charge is 2.25. The molecule has 2 N–H and O–H groups in total. The van der Waals surface area contributed by atoms with Crippen LogP contribution in [-0.4, -0.2) is 41.1 Å². The molecule has 3 rings (SSSR count). The normalized spacial score (nSPS) is 15.3. The molecule has 162 valence electrons. The van der Waals surface area contributed by atoms with E-state index < -0.39 is 24.0 Å². The van der Waals surface area contributed by atoms with Gasteiger partial charge in [0.25, 0.3) is 5.91 Å². The fourth-order valence-corrected chi connectivity index (χ4v) is 4.25. The van der Waals surface area contributed by atoms with Gasteiger partial charge in [0.15, 0.2) is 6.10 Å². The molecule has 0 fully saturated rings. The van der Waals surface area contributed by atoms with Crippen LogP contribution in [0.1, 0.15) is 42.9 Å². The molecular weight excluding hydrogens is 406 g/mol. The number of carbonyl (C=O) groups excluding carboxylic acids is 1. The summed E-state index contributed by atoms with van der Waals surface area (Å²) in [5.41, 5.74) is 2.64. The van der Waals surface area contributed by atoms with E-state index >= 15 is 0 Å². The zero-order valence-electron chi connectivity index (χ0n) is 17.4. The number of carboxylic acids is 1. The Labute approximate surface area is 179 Å². The number of amides is 1. The van der Waals surface area contributed by atoms with Crippen molar-refractivity contribution in [1.29, 1.82) is 0 Å². The van der Waals surface area contributed by atoms with Gasteiger partial charge in [-0.2, -0.15) is 11.8 Å². The molecule has 1 aliphatic carbocycles. The quantitative estimate of drug-likeness (QED) is 0.616. The van der Waals surface area contributed by atoms with Crippen molar-refractivity contribution in [2.45, 2.75) is 58.1 Å². The van der Waals surface area contributed by atoms with Crippen molar-refractivity contribution in [3.05, 3.63) is 39.2 Å². The third-order valence-electron chi connectivity index (χ3n) is 5.49. The number of nitrogens with one attached hydrogen (secondary N) is 1. The zero-order chi connectivity index (χ0) is 21.8. The predicted octanol–water partition coefficient (Wildman–Crippen LogP) is 3.07. The van der Waals surface area contributed by atoms with Crippen molar-refractivity contribution < 1.29 is 23.8 Å². The number of aryl methyl sites for hydroxylation is 2. The maximum absolute atomic E-state index is 12.5. The minimum Gasteiger partial charge on any atom is -0.480 e. The van der Waals surface area contributed by atoms with E-state index in [4.69, 9.17) is 9.15 Å². The van der Waals surface area contributed by atoms with Crippen molar-refractivity contribution >= 4 is 34.6 Å². The summed E-state index contributed by atoms with van der Waals surface area (Å²) in [6.07, 6.45) is 4.93. The first-order chi connectivity index (χ1) is 14.3. The van der Waals surface area contributed by atoms with E-state index in [0.717, 1.165) is 42.2 Å². The second kappa shape index (κ2) is 9.55. The summed E-state index contributed by atoms with van der Waals surface area (Å²) in [5.74, 6) is -0.521. The van der Waals surface area contributed by atoms with E-state index in [9.17, 15) is 19.5 Å². The van der Waals surface area contributed by atoms with Crippen LogP contribution in [0, 0.1) is 6.92 Å². The third-order valence-corrected chi connectivity index (χ3v) is 6.13. The zero-order valence-corrected chi connectivity index (χ0v) is 18.3. The van der Waals surface area contributed by atoms with Gasteiger partial charge in [0, 0.05) is 16.5 Å². The number of hydrogen-bond donors (Lipinski definition) is 2. The van der Waals surface area contributed by atoms with Gasteiger partial charge < -0.3 is 19.6 Å². The van der Waals surface area contributed by atoms with Crippen LogP contribution in [0.3, 0.4) is 0 Å². The van der Waals surface area contributed by atoms with Crippen LogP contribution in [0.2, 0.25) is 0 Å². The maximum atomic E-state index is 12.5. The van der Waals surface area contributed by atoms with Crippen molar-refractivity contribution in [3.8, 4) is 5.75 Å². The molecule has 0 saturated carbocycles. The number of rotatable bonds is 8. The van der Waals surface area contributed by atoms with Crippen LogP contribution in [0.5, 0.6) is 5.75 Å². The lowest BCUT2D eigenvalue weighted by molar-refractivity contribution is -0.142. The molecule has 0 radical (unpaired) electrons. The first-order valence-corrected chi connectivity index (χ1v) is 11.5.